The third kappa shape index (κ3) is 1.74. The van der Waals surface area contributed by atoms with Crippen molar-refractivity contribution < 1.29 is 4.79 Å². The number of hydrazine groups is 1. The molecule has 1 aromatic rings. The van der Waals surface area contributed by atoms with Gasteiger partial charge in [-0.3, -0.25) is 15.6 Å². The van der Waals surface area contributed by atoms with E-state index in [2.05, 4.69) is 15.8 Å². The van der Waals surface area contributed by atoms with Gasteiger partial charge in [0.15, 0.2) is 0 Å². The van der Waals surface area contributed by atoms with Crippen LogP contribution >= 0.6 is 0 Å². The molecule has 2 N–H and O–H groups in total. The molecule has 0 fully saturated rings. The number of amides is 1. The van der Waals surface area contributed by atoms with Gasteiger partial charge < -0.3 is 0 Å². The van der Waals surface area contributed by atoms with Gasteiger partial charge in [-0.25, -0.2) is 4.98 Å². The third-order valence-corrected chi connectivity index (χ3v) is 0.906. The van der Waals surface area contributed by atoms with Crippen LogP contribution in [0.3, 0.4) is 0 Å². The number of pyridine rings is 1. The van der Waals surface area contributed by atoms with Gasteiger partial charge >= 0.3 is 6.41 Å². The number of hydrogen-bond donors (Lipinski definition) is 2. The van der Waals surface area contributed by atoms with Crippen molar-refractivity contribution in [1.82, 2.24) is 10.4 Å². The van der Waals surface area contributed by atoms with Crippen molar-refractivity contribution in [1.29, 1.82) is 0 Å². The molecule has 1 aromatic heterocycles. The Morgan fingerprint density at radius 3 is 3.00 bits per heavy atom. The molecule has 0 aromatic carbocycles. The first kappa shape index (κ1) is 6.54. The lowest BCUT2D eigenvalue weighted by atomic mass is 10.5. The van der Waals surface area contributed by atoms with Crippen LogP contribution in [0.25, 0.3) is 0 Å². The Morgan fingerprint density at radius 1 is 1.50 bits per heavy atom. The minimum Gasteiger partial charge on any atom is -0.281 e. The molecule has 10 heavy (non-hydrogen) atoms. The Hall–Kier alpha value is -1.58. The van der Waals surface area contributed by atoms with Crippen molar-refractivity contribution in [2.24, 2.45) is 0 Å². The van der Waals surface area contributed by atoms with Crippen LogP contribution in [0.15, 0.2) is 24.4 Å². The van der Waals surface area contributed by atoms with Gasteiger partial charge in [0.25, 0.3) is 0 Å². The van der Waals surface area contributed by atoms with Gasteiger partial charge in [-0.15, -0.1) is 0 Å². The highest BCUT2D eigenvalue weighted by molar-refractivity contribution is 5.51. The van der Waals surface area contributed by atoms with Gasteiger partial charge in [-0.1, -0.05) is 6.07 Å². The molecule has 1 amide bonds. The fourth-order valence-corrected chi connectivity index (χ4v) is 0.526. The van der Waals surface area contributed by atoms with Crippen molar-refractivity contribution in [3.05, 3.63) is 24.4 Å². The van der Waals surface area contributed by atoms with Crippen LogP contribution in [-0.4, -0.2) is 11.4 Å². The van der Waals surface area contributed by atoms with Gasteiger partial charge in [-0.2, -0.15) is 0 Å². The molecular weight excluding hydrogens is 130 g/mol. The van der Waals surface area contributed by atoms with Crippen LogP contribution in [0, 0.1) is 0 Å². The molecule has 0 aliphatic carbocycles. The third-order valence-electron chi connectivity index (χ3n) is 0.906. The molecule has 1 radical (unpaired) electrons. The number of anilines is 1. The molecular formula is C6H6N3O. The van der Waals surface area contributed by atoms with Gasteiger partial charge in [-0.05, 0) is 12.1 Å². The molecule has 1 rings (SSSR count). The van der Waals surface area contributed by atoms with E-state index in [1.165, 1.54) is 6.41 Å². The highest BCUT2D eigenvalue weighted by Crippen LogP contribution is 1.95. The first-order valence-corrected chi connectivity index (χ1v) is 2.72. The predicted molar refractivity (Wildman–Crippen MR) is 36.7 cm³/mol. The summed E-state index contributed by atoms with van der Waals surface area (Å²) in [5.74, 6) is 0.589. The maximum absolute atomic E-state index is 9.65. The summed E-state index contributed by atoms with van der Waals surface area (Å²) < 4.78 is 0. The molecule has 0 aliphatic rings. The zero-order chi connectivity index (χ0) is 7.23. The van der Waals surface area contributed by atoms with Crippen LogP contribution in [0.2, 0.25) is 0 Å². The maximum atomic E-state index is 9.65. The fraction of sp³-hybridized carbons (Fsp3) is 0. The molecule has 51 valence electrons. The Balaban J connectivity index is 2.50. The van der Waals surface area contributed by atoms with E-state index in [4.69, 9.17) is 0 Å². The van der Waals surface area contributed by atoms with E-state index in [-0.39, 0.29) is 0 Å². The minimum absolute atomic E-state index is 0.589. The molecule has 4 nitrogen and oxygen atoms in total. The second-order valence-electron chi connectivity index (χ2n) is 1.57. The molecule has 1 heterocycles. The number of aromatic nitrogens is 1. The lowest BCUT2D eigenvalue weighted by molar-refractivity contribution is 0.547. The molecule has 0 spiro atoms. The normalized spacial score (nSPS) is 8.40. The highest BCUT2D eigenvalue weighted by Gasteiger charge is 1.85. The Kier molecular flexibility index (Phi) is 2.25. The molecule has 0 atom stereocenters. The number of nitrogens with one attached hydrogen (secondary N) is 2. The maximum Gasteiger partial charge on any atom is 0.329 e. The van der Waals surface area contributed by atoms with E-state index >= 15 is 0 Å². The van der Waals surface area contributed by atoms with E-state index in [1.807, 2.05) is 6.07 Å². The van der Waals surface area contributed by atoms with E-state index in [9.17, 15) is 4.79 Å². The quantitative estimate of drug-likeness (QED) is 0.456. The molecule has 0 unspecified atom stereocenters. The van der Waals surface area contributed by atoms with E-state index in [0.717, 1.165) is 0 Å². The van der Waals surface area contributed by atoms with Crippen molar-refractivity contribution in [3.63, 3.8) is 0 Å². The van der Waals surface area contributed by atoms with Crippen LogP contribution in [0.1, 0.15) is 0 Å². The zero-order valence-corrected chi connectivity index (χ0v) is 5.16. The Morgan fingerprint density at radius 2 is 2.40 bits per heavy atom. The fourth-order valence-electron chi connectivity index (χ4n) is 0.526. The summed E-state index contributed by atoms with van der Waals surface area (Å²) in [4.78, 5) is 13.5. The smallest absolute Gasteiger partial charge is 0.281 e. The number of carbonyl (C=O) groups excluding carboxylic acids is 1. The van der Waals surface area contributed by atoms with Crippen LogP contribution in [-0.2, 0) is 4.79 Å². The standard InChI is InChI=1S/C6H6N3O/c10-5-8-9-6-3-1-2-4-7-6/h1-4H,(H,7,9)(H,8,10). The van der Waals surface area contributed by atoms with Crippen LogP contribution in [0.4, 0.5) is 5.82 Å². The molecule has 0 aliphatic heterocycles. The van der Waals surface area contributed by atoms with Gasteiger partial charge in [0.2, 0.25) is 0 Å². The molecule has 0 saturated heterocycles. The summed E-state index contributed by atoms with van der Waals surface area (Å²) in [6.45, 7) is 0. The summed E-state index contributed by atoms with van der Waals surface area (Å²) in [6, 6.07) is 5.32. The van der Waals surface area contributed by atoms with Crippen molar-refractivity contribution in [2.45, 2.75) is 0 Å². The first-order chi connectivity index (χ1) is 4.93. The predicted octanol–water partition coefficient (Wildman–Crippen LogP) is 0.0653. The number of rotatable bonds is 3. The van der Waals surface area contributed by atoms with Gasteiger partial charge in [0.1, 0.15) is 5.82 Å². The van der Waals surface area contributed by atoms with Crippen LogP contribution in [0.5, 0.6) is 0 Å². The van der Waals surface area contributed by atoms with Gasteiger partial charge in [0, 0.05) is 6.20 Å². The number of nitrogens with zero attached hydrogens (tertiary/aromatic N) is 1. The topological polar surface area (TPSA) is 54.0 Å². The molecule has 0 bridgehead atoms. The Bertz CT molecular complexity index is 199. The zero-order valence-electron chi connectivity index (χ0n) is 5.16. The summed E-state index contributed by atoms with van der Waals surface area (Å²) in [6.07, 6.45) is 3.08. The second-order valence-corrected chi connectivity index (χ2v) is 1.57. The second kappa shape index (κ2) is 3.45. The number of hydrogen-bond acceptors (Lipinski definition) is 3. The van der Waals surface area contributed by atoms with E-state index in [1.54, 1.807) is 18.3 Å². The SMILES string of the molecule is O=[C]NNc1ccccn1. The van der Waals surface area contributed by atoms with Crippen molar-refractivity contribution in [3.8, 4) is 0 Å². The van der Waals surface area contributed by atoms with Crippen LogP contribution < -0.4 is 10.9 Å². The average molecular weight is 136 g/mol. The van der Waals surface area contributed by atoms with Crippen molar-refractivity contribution >= 4 is 12.2 Å². The molecule has 4 heteroatoms. The highest BCUT2D eigenvalue weighted by atomic mass is 16.1. The lowest BCUT2D eigenvalue weighted by Gasteiger charge is -1.98. The summed E-state index contributed by atoms with van der Waals surface area (Å²) in [5, 5.41) is 0. The lowest BCUT2D eigenvalue weighted by Crippen LogP contribution is -2.19. The monoisotopic (exact) mass is 136 g/mol. The van der Waals surface area contributed by atoms with Crippen molar-refractivity contribution in [2.75, 3.05) is 5.43 Å². The first-order valence-electron chi connectivity index (χ1n) is 2.72. The largest absolute Gasteiger partial charge is 0.329 e. The minimum atomic E-state index is 0.589. The summed E-state index contributed by atoms with van der Waals surface area (Å²) >= 11 is 0. The van der Waals surface area contributed by atoms with E-state index < -0.39 is 0 Å². The van der Waals surface area contributed by atoms with Gasteiger partial charge in [0.05, 0.1) is 0 Å². The average Bonchev–Trinajstić information content (AvgIpc) is 2.03. The summed E-state index contributed by atoms with van der Waals surface area (Å²) in [5.41, 5.74) is 4.66. The molecule has 0 saturated carbocycles. The van der Waals surface area contributed by atoms with E-state index in [0.29, 0.717) is 5.82 Å². The Labute approximate surface area is 58.2 Å². The summed E-state index contributed by atoms with van der Waals surface area (Å²) in [7, 11) is 0.